The summed E-state index contributed by atoms with van der Waals surface area (Å²) in [4.78, 5) is 30.7. The molecule has 1 aliphatic heterocycles. The molecule has 0 saturated carbocycles. The molecule has 0 N–H and O–H groups in total. The van der Waals surface area contributed by atoms with Crippen molar-refractivity contribution in [2.24, 2.45) is 0 Å². The summed E-state index contributed by atoms with van der Waals surface area (Å²) < 4.78 is 0. The van der Waals surface area contributed by atoms with Gasteiger partial charge >= 0.3 is 6.03 Å². The van der Waals surface area contributed by atoms with Gasteiger partial charge in [0.25, 0.3) is 0 Å². The Morgan fingerprint density at radius 3 is 2.42 bits per heavy atom. The number of rotatable bonds is 2. The third kappa shape index (κ3) is 1.18. The monoisotopic (exact) mass is 172 g/mol. The maximum Gasteiger partial charge on any atom is 0.373 e. The first-order valence-electron chi connectivity index (χ1n) is 3.18. The van der Waals surface area contributed by atoms with Gasteiger partial charge in [0.15, 0.2) is 11.6 Å². The zero-order chi connectivity index (χ0) is 9.14. The Balaban J connectivity index is 2.86. The summed E-state index contributed by atoms with van der Waals surface area (Å²) >= 11 is 0. The molecule has 0 aromatic heterocycles. The molecule has 1 fully saturated rings. The van der Waals surface area contributed by atoms with Crippen molar-refractivity contribution in [2.45, 2.75) is 0 Å². The minimum atomic E-state index is -0.529. The number of hydrogen-bond acceptors (Lipinski definition) is 4. The first-order chi connectivity index (χ1) is 5.74. The molecule has 66 valence electrons. The van der Waals surface area contributed by atoms with Crippen LogP contribution in [0.5, 0.6) is 0 Å². The summed E-state index contributed by atoms with van der Waals surface area (Å²) in [5, 5.41) is 1.82. The highest BCUT2D eigenvalue weighted by Crippen LogP contribution is 2.16. The number of carbonyl (C=O) groups is 1. The predicted octanol–water partition coefficient (Wildman–Crippen LogP) is -0.438. The second-order valence-electron chi connectivity index (χ2n) is 2.03. The van der Waals surface area contributed by atoms with E-state index in [9.17, 15) is 9.59 Å². The average Bonchev–Trinajstić information content (AvgIpc) is 2.41. The molecule has 2 amide bonds. The topological polar surface area (TPSA) is 59.1 Å². The van der Waals surface area contributed by atoms with Gasteiger partial charge in [-0.2, -0.15) is 10.1 Å². The molecule has 0 radical (unpaired) electrons. The molecular weight excluding hydrogens is 164 g/mol. The molecule has 0 aliphatic carbocycles. The van der Waals surface area contributed by atoms with E-state index in [-0.39, 0.29) is 12.2 Å². The Morgan fingerprint density at radius 2 is 2.08 bits per heavy atom. The van der Waals surface area contributed by atoms with Crippen LogP contribution in [0.4, 0.5) is 4.79 Å². The van der Waals surface area contributed by atoms with Gasteiger partial charge in [-0.25, -0.2) is 9.59 Å². The third-order valence-corrected chi connectivity index (χ3v) is 1.45. The number of carbonyl (C=O) groups excluding carboxylic acids is 2. The number of amides is 2. The van der Waals surface area contributed by atoms with Crippen molar-refractivity contribution in [3.63, 3.8) is 0 Å². The van der Waals surface area contributed by atoms with Gasteiger partial charge < -0.3 is 0 Å². The van der Waals surface area contributed by atoms with Gasteiger partial charge in [-0.1, -0.05) is 0 Å². The lowest BCUT2D eigenvalue weighted by atomic mass is 10.5. The summed E-state index contributed by atoms with van der Waals surface area (Å²) in [6.45, 7) is 0.0622. The van der Waals surface area contributed by atoms with Gasteiger partial charge in [0, 0.05) is 0 Å². The van der Waals surface area contributed by atoms with E-state index in [0.29, 0.717) is 0 Å². The van der Waals surface area contributed by atoms with E-state index in [1.807, 2.05) is 0 Å². The van der Waals surface area contributed by atoms with Crippen molar-refractivity contribution < 1.29 is 19.3 Å². The molecule has 0 aromatic rings. The molecule has 0 aromatic carbocycles. The second kappa shape index (κ2) is 3.36. The van der Waals surface area contributed by atoms with Gasteiger partial charge in [-0.15, -0.1) is 0 Å². The Kier molecular flexibility index (Phi) is 2.44. The van der Waals surface area contributed by atoms with Crippen LogP contribution < -0.4 is 0 Å². The van der Waals surface area contributed by atoms with E-state index in [4.69, 9.17) is 0 Å². The van der Waals surface area contributed by atoms with Crippen molar-refractivity contribution in [1.29, 1.82) is 0 Å². The first-order valence-corrected chi connectivity index (χ1v) is 3.18. The molecule has 0 atom stereocenters. The third-order valence-electron chi connectivity index (χ3n) is 1.45. The molecule has 0 spiro atoms. The van der Waals surface area contributed by atoms with E-state index in [1.54, 1.807) is 5.94 Å². The smallest absolute Gasteiger partial charge is 0.272 e. The van der Waals surface area contributed by atoms with Crippen LogP contribution in [0.15, 0.2) is 5.70 Å². The van der Waals surface area contributed by atoms with Gasteiger partial charge in [0.05, 0.1) is 14.2 Å². The highest BCUT2D eigenvalue weighted by molar-refractivity contribution is 5.80. The Morgan fingerprint density at radius 1 is 1.42 bits per heavy atom. The fraction of sp³-hybridized carbons (Fsp3) is 0.500. The highest BCUT2D eigenvalue weighted by Gasteiger charge is 2.35. The average molecular weight is 172 g/mol. The quantitative estimate of drug-likeness (QED) is 0.530. The van der Waals surface area contributed by atoms with Crippen molar-refractivity contribution in [2.75, 3.05) is 20.8 Å². The van der Waals surface area contributed by atoms with Gasteiger partial charge in [0.2, 0.25) is 0 Å². The van der Waals surface area contributed by atoms with Gasteiger partial charge in [0.1, 0.15) is 6.54 Å². The van der Waals surface area contributed by atoms with E-state index in [0.717, 1.165) is 10.1 Å². The molecule has 1 heterocycles. The number of nitrogens with zero attached hydrogens (tertiary/aromatic N) is 2. The van der Waals surface area contributed by atoms with Crippen LogP contribution in [-0.2, 0) is 14.5 Å². The molecule has 1 aliphatic rings. The summed E-state index contributed by atoms with van der Waals surface area (Å²) in [6, 6.07) is -0.529. The Bertz CT molecular complexity index is 246. The summed E-state index contributed by atoms with van der Waals surface area (Å²) in [5.74, 6) is 1.58. The van der Waals surface area contributed by atoms with Gasteiger partial charge in [-0.05, 0) is 0 Å². The molecule has 1 saturated heterocycles. The fourth-order valence-corrected chi connectivity index (χ4v) is 0.889. The Hall–Kier alpha value is -1.36. The van der Waals surface area contributed by atoms with Gasteiger partial charge in [-0.3, -0.25) is 9.68 Å². The van der Waals surface area contributed by atoms with Crippen LogP contribution in [-0.4, -0.2) is 42.9 Å². The maximum absolute atomic E-state index is 11.1. The maximum atomic E-state index is 11.1. The zero-order valence-corrected chi connectivity index (χ0v) is 6.73. The van der Waals surface area contributed by atoms with Crippen molar-refractivity contribution >= 4 is 12.0 Å². The van der Waals surface area contributed by atoms with E-state index < -0.39 is 6.03 Å². The van der Waals surface area contributed by atoms with E-state index in [2.05, 4.69) is 9.68 Å². The summed E-state index contributed by atoms with van der Waals surface area (Å²) in [5.41, 5.74) is 0.101. The van der Waals surface area contributed by atoms with E-state index >= 15 is 0 Å². The summed E-state index contributed by atoms with van der Waals surface area (Å²) in [6.07, 6.45) is 0. The predicted molar refractivity (Wildman–Crippen MR) is 37.2 cm³/mol. The van der Waals surface area contributed by atoms with Crippen molar-refractivity contribution in [1.82, 2.24) is 10.1 Å². The molecule has 0 bridgehead atoms. The standard InChI is InChI=1S/C6H8N2O4/c1-11-7-3-5(4-9)8(12-2)6(7)10/h3H2,1-2H3. The minimum Gasteiger partial charge on any atom is -0.272 e. The molecule has 12 heavy (non-hydrogen) atoms. The summed E-state index contributed by atoms with van der Waals surface area (Å²) in [7, 11) is 2.62. The SMILES string of the molecule is CON1CC(=C=O)N(OC)C1=O. The lowest BCUT2D eigenvalue weighted by molar-refractivity contribution is -0.0980. The lowest BCUT2D eigenvalue weighted by Gasteiger charge is -2.12. The van der Waals surface area contributed by atoms with Crippen molar-refractivity contribution in [3.05, 3.63) is 5.70 Å². The van der Waals surface area contributed by atoms with Crippen LogP contribution in [0.3, 0.4) is 0 Å². The van der Waals surface area contributed by atoms with Crippen LogP contribution in [0.2, 0.25) is 0 Å². The molecule has 0 unspecified atom stereocenters. The van der Waals surface area contributed by atoms with Crippen LogP contribution in [0.25, 0.3) is 0 Å². The fourth-order valence-electron chi connectivity index (χ4n) is 0.889. The number of urea groups is 1. The number of hydrogen-bond donors (Lipinski definition) is 0. The van der Waals surface area contributed by atoms with E-state index in [1.165, 1.54) is 14.2 Å². The molecule has 6 nitrogen and oxygen atoms in total. The van der Waals surface area contributed by atoms with Crippen molar-refractivity contribution in [3.8, 4) is 0 Å². The van der Waals surface area contributed by atoms with Crippen LogP contribution >= 0.6 is 0 Å². The normalized spacial score (nSPS) is 17.2. The molecular formula is C6H8N2O4. The molecule has 6 heteroatoms. The Labute approximate surface area is 68.8 Å². The first kappa shape index (κ1) is 8.73. The number of hydroxylamine groups is 4. The lowest BCUT2D eigenvalue weighted by Crippen LogP contribution is -2.30. The second-order valence-corrected chi connectivity index (χ2v) is 2.03. The highest BCUT2D eigenvalue weighted by atomic mass is 16.7. The zero-order valence-electron chi connectivity index (χ0n) is 6.73. The van der Waals surface area contributed by atoms with Crippen LogP contribution in [0.1, 0.15) is 0 Å². The largest absolute Gasteiger partial charge is 0.373 e. The molecule has 1 rings (SSSR count). The van der Waals surface area contributed by atoms with Crippen LogP contribution in [0, 0.1) is 0 Å². The minimum absolute atomic E-state index is 0.0622.